The SMILES string of the molecule is O.OP(O)O.[Zn]. The molecule has 0 amide bonds. The molecule has 6 heteroatoms. The number of rotatable bonds is 0. The second kappa shape index (κ2) is 9.31. The third-order valence-corrected chi connectivity index (χ3v) is 0. The van der Waals surface area contributed by atoms with Crippen LogP contribution in [0.5, 0.6) is 0 Å². The van der Waals surface area contributed by atoms with Crippen LogP contribution in [0.2, 0.25) is 0 Å². The van der Waals surface area contributed by atoms with Gasteiger partial charge in [0.2, 0.25) is 0 Å². The van der Waals surface area contributed by atoms with Gasteiger partial charge >= 0.3 is 8.60 Å². The Morgan fingerprint density at radius 3 is 1.00 bits per heavy atom. The van der Waals surface area contributed by atoms with Crippen molar-refractivity contribution in [2.75, 3.05) is 0 Å². The third-order valence-electron chi connectivity index (χ3n) is 0. The van der Waals surface area contributed by atoms with Crippen molar-refractivity contribution in [1.82, 2.24) is 0 Å². The van der Waals surface area contributed by atoms with Gasteiger partial charge in [-0.15, -0.1) is 0 Å². The molecule has 4 nitrogen and oxygen atoms in total. The molecule has 0 fully saturated rings. The van der Waals surface area contributed by atoms with E-state index >= 15 is 0 Å². The summed E-state index contributed by atoms with van der Waals surface area (Å²) in [6.07, 6.45) is 0. The summed E-state index contributed by atoms with van der Waals surface area (Å²) in [5.41, 5.74) is 0. The first-order valence-corrected chi connectivity index (χ1v) is 1.80. The molecule has 0 rings (SSSR count). The quantitative estimate of drug-likeness (QED) is 0.297. The summed E-state index contributed by atoms with van der Waals surface area (Å²) in [6, 6.07) is 0. The van der Waals surface area contributed by atoms with Crippen molar-refractivity contribution in [3.63, 3.8) is 0 Å². The molecule has 6 heavy (non-hydrogen) atoms. The van der Waals surface area contributed by atoms with Crippen LogP contribution in [-0.4, -0.2) is 20.2 Å². The molecule has 5 N–H and O–H groups in total. The number of hydrogen-bond acceptors (Lipinski definition) is 3. The Kier molecular flexibility index (Phi) is 24.5. The summed E-state index contributed by atoms with van der Waals surface area (Å²) in [4.78, 5) is 21.7. The van der Waals surface area contributed by atoms with Crippen molar-refractivity contribution in [3.05, 3.63) is 0 Å². The predicted molar refractivity (Wildman–Crippen MR) is 17.2 cm³/mol. The van der Waals surface area contributed by atoms with Crippen molar-refractivity contribution < 1.29 is 39.6 Å². The van der Waals surface area contributed by atoms with Gasteiger partial charge in [0.1, 0.15) is 0 Å². The van der Waals surface area contributed by atoms with Crippen LogP contribution < -0.4 is 0 Å². The molecule has 0 heterocycles. The Labute approximate surface area is 48.9 Å². The molecule has 0 aromatic carbocycles. The monoisotopic (exact) mass is 164 g/mol. The largest absolute Gasteiger partial charge is 0.412 e. The average molecular weight is 165 g/mol. The summed E-state index contributed by atoms with van der Waals surface area (Å²) in [5.74, 6) is 0. The second-order valence-corrected chi connectivity index (χ2v) is 0.805. The molecule has 36 valence electrons. The Morgan fingerprint density at radius 2 is 1.00 bits per heavy atom. The minimum Gasteiger partial charge on any atom is -0.412 e. The molecule has 0 bridgehead atoms. The van der Waals surface area contributed by atoms with Crippen LogP contribution in [0.1, 0.15) is 0 Å². The summed E-state index contributed by atoms with van der Waals surface area (Å²) in [6.45, 7) is 0. The van der Waals surface area contributed by atoms with Crippen LogP contribution in [0.15, 0.2) is 0 Å². The smallest absolute Gasteiger partial charge is 0.324 e. The normalized spacial score (nSPS) is 6.00. The molecule has 0 aliphatic carbocycles. The van der Waals surface area contributed by atoms with E-state index in [1.54, 1.807) is 0 Å². The standard InChI is InChI=1S/H3O3P.H2O.Zn/c1-4(2)3;;/h1-3H;1H2;. The van der Waals surface area contributed by atoms with Crippen LogP contribution in [-0.2, 0) is 19.5 Å². The molecule has 0 unspecified atom stereocenters. The van der Waals surface area contributed by atoms with Gasteiger partial charge < -0.3 is 20.2 Å². The van der Waals surface area contributed by atoms with Crippen LogP contribution in [0.3, 0.4) is 0 Å². The van der Waals surface area contributed by atoms with Crippen molar-refractivity contribution in [1.29, 1.82) is 0 Å². The average Bonchev–Trinajstić information content (AvgIpc) is 0.811. The van der Waals surface area contributed by atoms with Gasteiger partial charge in [0, 0.05) is 19.5 Å². The fraction of sp³-hybridized carbons (Fsp3) is 0. The molecular formula is H5O4PZn. The molecule has 0 aliphatic heterocycles. The maximum atomic E-state index is 7.23. The van der Waals surface area contributed by atoms with Crippen LogP contribution in [0.25, 0.3) is 0 Å². The van der Waals surface area contributed by atoms with E-state index in [9.17, 15) is 0 Å². The van der Waals surface area contributed by atoms with Crippen LogP contribution in [0, 0.1) is 0 Å². The Morgan fingerprint density at radius 1 is 1.00 bits per heavy atom. The van der Waals surface area contributed by atoms with Crippen molar-refractivity contribution in [2.24, 2.45) is 0 Å². The van der Waals surface area contributed by atoms with E-state index in [1.165, 1.54) is 0 Å². The molecule has 0 radical (unpaired) electrons. The van der Waals surface area contributed by atoms with E-state index < -0.39 is 8.60 Å². The van der Waals surface area contributed by atoms with Gasteiger partial charge in [-0.25, -0.2) is 0 Å². The molecule has 0 spiro atoms. The van der Waals surface area contributed by atoms with E-state index in [4.69, 9.17) is 14.7 Å². The van der Waals surface area contributed by atoms with Gasteiger partial charge in [0.05, 0.1) is 0 Å². The van der Waals surface area contributed by atoms with E-state index in [0.717, 1.165) is 0 Å². The van der Waals surface area contributed by atoms with Gasteiger partial charge in [-0.3, -0.25) is 0 Å². The fourth-order valence-corrected chi connectivity index (χ4v) is 0. The van der Waals surface area contributed by atoms with Crippen molar-refractivity contribution >= 4 is 8.60 Å². The van der Waals surface area contributed by atoms with E-state index in [2.05, 4.69) is 0 Å². The zero-order valence-electron chi connectivity index (χ0n) is 3.00. The molecule has 0 aromatic heterocycles. The molecule has 0 aliphatic rings. The van der Waals surface area contributed by atoms with E-state index in [0.29, 0.717) is 0 Å². The minimum atomic E-state index is -2.62. The van der Waals surface area contributed by atoms with E-state index in [1.807, 2.05) is 0 Å². The summed E-state index contributed by atoms with van der Waals surface area (Å²) >= 11 is 0. The molecular weight excluding hydrogens is 160 g/mol. The second-order valence-electron chi connectivity index (χ2n) is 0.268. The van der Waals surface area contributed by atoms with Crippen LogP contribution in [0.4, 0.5) is 0 Å². The van der Waals surface area contributed by atoms with Gasteiger partial charge in [-0.1, -0.05) is 0 Å². The van der Waals surface area contributed by atoms with E-state index in [-0.39, 0.29) is 25.0 Å². The number of hydrogen-bond donors (Lipinski definition) is 3. The Balaban J connectivity index is -0.0000000450. The van der Waals surface area contributed by atoms with Crippen molar-refractivity contribution in [3.8, 4) is 0 Å². The predicted octanol–water partition coefficient (Wildman–Crippen LogP) is -1.64. The van der Waals surface area contributed by atoms with Gasteiger partial charge in [0.25, 0.3) is 0 Å². The van der Waals surface area contributed by atoms with Gasteiger partial charge in [-0.2, -0.15) is 0 Å². The molecule has 0 aromatic rings. The van der Waals surface area contributed by atoms with Gasteiger partial charge in [-0.05, 0) is 0 Å². The molecule has 0 atom stereocenters. The Bertz CT molecular complexity index is 12.3. The minimum absolute atomic E-state index is 0. The van der Waals surface area contributed by atoms with Crippen molar-refractivity contribution in [2.45, 2.75) is 0 Å². The Hall–Kier alpha value is 0.893. The summed E-state index contributed by atoms with van der Waals surface area (Å²) in [7, 11) is -2.62. The zero-order valence-corrected chi connectivity index (χ0v) is 6.86. The first-order chi connectivity index (χ1) is 1.73. The maximum Gasteiger partial charge on any atom is 0.324 e. The first-order valence-electron chi connectivity index (χ1n) is 0.600. The fourth-order valence-electron chi connectivity index (χ4n) is 0. The summed E-state index contributed by atoms with van der Waals surface area (Å²) in [5, 5.41) is 0. The van der Waals surface area contributed by atoms with Gasteiger partial charge in [0.15, 0.2) is 0 Å². The zero-order chi connectivity index (χ0) is 3.58. The molecule has 0 saturated heterocycles. The van der Waals surface area contributed by atoms with Crippen LogP contribution >= 0.6 is 8.60 Å². The first kappa shape index (κ1) is 15.8. The maximum absolute atomic E-state index is 7.23. The topological polar surface area (TPSA) is 92.2 Å². The molecule has 0 saturated carbocycles. The summed E-state index contributed by atoms with van der Waals surface area (Å²) < 4.78 is 0. The third kappa shape index (κ3) is 92.9.